The minimum Gasteiger partial charge on any atom is -0.490 e. The van der Waals surface area contributed by atoms with Gasteiger partial charge >= 0.3 is 11.9 Å². The van der Waals surface area contributed by atoms with Gasteiger partial charge in [-0.25, -0.2) is 9.59 Å². The lowest BCUT2D eigenvalue weighted by atomic mass is 10.2. The standard InChI is InChI=1S/C35H36O13/c1-3-5-9-21(36)17-45-34(41)30-15-24(39)32-26(11-7-13-28(32)47-30)43-19-23(38)20-44-27-12-8-14-29-33(27)25(40)16-31(48-29)35(42)46-18-22(37)10-6-4-2/h7-8,11-16,23,38H,3-6,9-10,17-20H2,1-2H3. The lowest BCUT2D eigenvalue weighted by Gasteiger charge is -2.15. The third kappa shape index (κ3) is 9.38. The molecule has 2 aromatic heterocycles. The van der Waals surface area contributed by atoms with Crippen molar-refractivity contribution in [2.75, 3.05) is 26.4 Å². The van der Waals surface area contributed by atoms with Crippen molar-refractivity contribution in [2.45, 2.75) is 58.5 Å². The fraction of sp³-hybridized carbons (Fsp3) is 0.371. The van der Waals surface area contributed by atoms with E-state index in [1.165, 1.54) is 36.4 Å². The maximum atomic E-state index is 12.9. The summed E-state index contributed by atoms with van der Waals surface area (Å²) in [6, 6.07) is 10.8. The van der Waals surface area contributed by atoms with Crippen molar-refractivity contribution < 1.29 is 52.1 Å². The minimum absolute atomic E-state index is 0.0208. The second-order valence-electron chi connectivity index (χ2n) is 10.9. The lowest BCUT2D eigenvalue weighted by molar-refractivity contribution is -0.122. The molecule has 13 heteroatoms. The van der Waals surface area contributed by atoms with Crippen LogP contribution in [-0.2, 0) is 19.1 Å². The minimum atomic E-state index is -1.23. The molecule has 2 heterocycles. The van der Waals surface area contributed by atoms with Crippen LogP contribution in [0, 0.1) is 0 Å². The predicted molar refractivity (Wildman–Crippen MR) is 172 cm³/mol. The maximum Gasteiger partial charge on any atom is 0.374 e. The number of ketones is 2. The van der Waals surface area contributed by atoms with E-state index in [-0.39, 0.29) is 82.6 Å². The van der Waals surface area contributed by atoms with Crippen molar-refractivity contribution in [1.82, 2.24) is 0 Å². The molecule has 0 spiro atoms. The molecule has 48 heavy (non-hydrogen) atoms. The summed E-state index contributed by atoms with van der Waals surface area (Å²) >= 11 is 0. The third-order valence-electron chi connectivity index (χ3n) is 7.04. The van der Waals surface area contributed by atoms with E-state index in [2.05, 4.69) is 0 Å². The van der Waals surface area contributed by atoms with Crippen molar-refractivity contribution in [3.05, 3.63) is 80.5 Å². The van der Waals surface area contributed by atoms with Crippen LogP contribution in [0.25, 0.3) is 21.9 Å². The number of unbranched alkanes of at least 4 members (excludes halogenated alkanes) is 2. The van der Waals surface area contributed by atoms with E-state index in [0.717, 1.165) is 25.0 Å². The Labute approximate surface area is 274 Å². The number of fused-ring (bicyclic) bond motifs is 2. The Balaban J connectivity index is 1.38. The fourth-order valence-corrected chi connectivity index (χ4v) is 4.54. The monoisotopic (exact) mass is 664 g/mol. The first kappa shape index (κ1) is 35.6. The Hall–Kier alpha value is -5.30. The molecule has 0 amide bonds. The van der Waals surface area contributed by atoms with Crippen molar-refractivity contribution in [2.24, 2.45) is 0 Å². The van der Waals surface area contributed by atoms with Crippen LogP contribution in [0.5, 0.6) is 11.5 Å². The number of rotatable bonds is 18. The van der Waals surface area contributed by atoms with E-state index < -0.39 is 42.1 Å². The van der Waals surface area contributed by atoms with Crippen LogP contribution in [0.1, 0.15) is 73.5 Å². The van der Waals surface area contributed by atoms with Gasteiger partial charge in [0.1, 0.15) is 66.0 Å². The van der Waals surface area contributed by atoms with E-state index in [0.29, 0.717) is 12.8 Å². The summed E-state index contributed by atoms with van der Waals surface area (Å²) in [7, 11) is 0. The van der Waals surface area contributed by atoms with E-state index in [1.807, 2.05) is 13.8 Å². The average molecular weight is 665 g/mol. The highest BCUT2D eigenvalue weighted by atomic mass is 16.6. The first-order valence-corrected chi connectivity index (χ1v) is 15.6. The summed E-state index contributed by atoms with van der Waals surface area (Å²) in [6.45, 7) is 2.37. The smallest absolute Gasteiger partial charge is 0.374 e. The van der Waals surface area contributed by atoms with E-state index in [4.69, 9.17) is 27.8 Å². The molecule has 0 saturated heterocycles. The number of esters is 2. The van der Waals surface area contributed by atoms with Gasteiger partial charge in [0.2, 0.25) is 11.5 Å². The molecule has 0 aliphatic heterocycles. The quantitative estimate of drug-likeness (QED) is 0.146. The molecule has 1 N–H and O–H groups in total. The first-order chi connectivity index (χ1) is 23.1. The summed E-state index contributed by atoms with van der Waals surface area (Å²) in [4.78, 5) is 74.2. The number of carbonyl (C=O) groups excluding carboxylic acids is 4. The molecule has 0 atom stereocenters. The number of aliphatic hydroxyl groups excluding tert-OH is 1. The summed E-state index contributed by atoms with van der Waals surface area (Å²) in [5.41, 5.74) is -1.14. The van der Waals surface area contributed by atoms with Gasteiger partial charge in [-0.1, -0.05) is 38.8 Å². The largest absolute Gasteiger partial charge is 0.490 e. The fourth-order valence-electron chi connectivity index (χ4n) is 4.54. The second-order valence-corrected chi connectivity index (χ2v) is 10.9. The number of aliphatic hydroxyl groups is 1. The number of hydrogen-bond donors (Lipinski definition) is 1. The Kier molecular flexibility index (Phi) is 12.6. The number of benzene rings is 2. The van der Waals surface area contributed by atoms with Gasteiger partial charge < -0.3 is 32.9 Å². The van der Waals surface area contributed by atoms with E-state index in [9.17, 15) is 33.9 Å². The van der Waals surface area contributed by atoms with Crippen LogP contribution in [0.2, 0.25) is 0 Å². The van der Waals surface area contributed by atoms with Crippen LogP contribution in [0.15, 0.2) is 67.0 Å². The molecular weight excluding hydrogens is 628 g/mol. The Bertz CT molecular complexity index is 1770. The highest BCUT2D eigenvalue weighted by Gasteiger charge is 2.20. The van der Waals surface area contributed by atoms with Crippen molar-refractivity contribution in [3.63, 3.8) is 0 Å². The number of ether oxygens (including phenoxy) is 4. The Morgan fingerprint density at radius 3 is 1.50 bits per heavy atom. The zero-order valence-corrected chi connectivity index (χ0v) is 26.6. The number of Topliss-reactive ketones (excluding diaryl/α,β-unsaturated/α-hetero) is 2. The zero-order chi connectivity index (χ0) is 34.6. The molecule has 0 radical (unpaired) electrons. The van der Waals surface area contributed by atoms with Crippen LogP contribution < -0.4 is 20.3 Å². The molecule has 2 aromatic carbocycles. The van der Waals surface area contributed by atoms with Crippen molar-refractivity contribution >= 4 is 45.4 Å². The van der Waals surface area contributed by atoms with Crippen molar-refractivity contribution in [3.8, 4) is 11.5 Å². The van der Waals surface area contributed by atoms with Crippen LogP contribution in [-0.4, -0.2) is 61.1 Å². The third-order valence-corrected chi connectivity index (χ3v) is 7.04. The van der Waals surface area contributed by atoms with Gasteiger partial charge in [0, 0.05) is 25.0 Å². The van der Waals surface area contributed by atoms with Crippen LogP contribution >= 0.6 is 0 Å². The zero-order valence-electron chi connectivity index (χ0n) is 26.6. The summed E-state index contributed by atoms with van der Waals surface area (Å²) < 4.78 is 32.4. The maximum absolute atomic E-state index is 12.9. The molecule has 13 nitrogen and oxygen atoms in total. The van der Waals surface area contributed by atoms with Gasteiger partial charge in [-0.2, -0.15) is 0 Å². The van der Waals surface area contributed by atoms with Gasteiger partial charge in [-0.05, 0) is 37.1 Å². The molecule has 0 unspecified atom stereocenters. The van der Waals surface area contributed by atoms with Gasteiger partial charge in [0.05, 0.1) is 0 Å². The molecule has 0 bridgehead atoms. The molecule has 4 rings (SSSR count). The summed E-state index contributed by atoms with van der Waals surface area (Å²) in [5.74, 6) is -2.98. The summed E-state index contributed by atoms with van der Waals surface area (Å²) in [6.07, 6.45) is 2.33. The highest BCUT2D eigenvalue weighted by molar-refractivity contribution is 5.93. The lowest BCUT2D eigenvalue weighted by Crippen LogP contribution is -2.25. The normalized spacial score (nSPS) is 11.1. The van der Waals surface area contributed by atoms with Crippen LogP contribution in [0.4, 0.5) is 0 Å². The van der Waals surface area contributed by atoms with E-state index in [1.54, 1.807) is 0 Å². The Morgan fingerprint density at radius 2 is 1.10 bits per heavy atom. The van der Waals surface area contributed by atoms with Gasteiger partial charge in [-0.3, -0.25) is 19.2 Å². The first-order valence-electron chi connectivity index (χ1n) is 15.6. The van der Waals surface area contributed by atoms with Gasteiger partial charge in [0.25, 0.3) is 0 Å². The number of carbonyl (C=O) groups is 4. The topological polar surface area (TPSA) is 186 Å². The van der Waals surface area contributed by atoms with E-state index >= 15 is 0 Å². The SMILES string of the molecule is CCCCC(=O)COC(=O)c1cc(=O)c2c(OCC(O)COc3cccc4oc(C(=O)OCC(=O)CCCC)cc(=O)c34)cccc2o1. The molecule has 0 aliphatic rings. The van der Waals surface area contributed by atoms with Gasteiger partial charge in [0.15, 0.2) is 22.4 Å². The van der Waals surface area contributed by atoms with Crippen molar-refractivity contribution in [1.29, 1.82) is 0 Å². The van der Waals surface area contributed by atoms with Gasteiger partial charge in [-0.15, -0.1) is 0 Å². The predicted octanol–water partition coefficient (Wildman–Crippen LogP) is 4.55. The second kappa shape index (κ2) is 17.0. The number of hydrogen-bond acceptors (Lipinski definition) is 13. The highest BCUT2D eigenvalue weighted by Crippen LogP contribution is 2.26. The van der Waals surface area contributed by atoms with Crippen LogP contribution in [0.3, 0.4) is 0 Å². The summed E-state index contributed by atoms with van der Waals surface area (Å²) in [5, 5.41) is 10.6. The Morgan fingerprint density at radius 1 is 0.688 bits per heavy atom. The molecule has 0 fully saturated rings. The molecule has 0 aliphatic carbocycles. The molecular formula is C35H36O13. The molecule has 0 saturated carbocycles. The molecule has 254 valence electrons. The average Bonchev–Trinajstić information content (AvgIpc) is 3.08. The molecule has 4 aromatic rings.